The molecule has 0 radical (unpaired) electrons. The fourth-order valence-electron chi connectivity index (χ4n) is 2.17. The van der Waals surface area contributed by atoms with E-state index in [1.807, 2.05) is 0 Å². The monoisotopic (exact) mass is 297 g/mol. The standard InChI is InChI=1S/C13H20BrN3/c1-13(2,8-14)17(3)12-10-6-4-5-7-11(10)15-9-16-12/h9H,4-8H2,1-3H3. The Bertz CT molecular complexity index is 404. The molecule has 0 aromatic carbocycles. The topological polar surface area (TPSA) is 29.0 Å². The number of aryl methyl sites for hydroxylation is 1. The maximum absolute atomic E-state index is 4.50. The molecule has 0 spiro atoms. The van der Waals surface area contributed by atoms with Crippen LogP contribution in [-0.4, -0.2) is 27.9 Å². The third-order valence-corrected chi connectivity index (χ3v) is 5.03. The van der Waals surface area contributed by atoms with Crippen LogP contribution in [0.25, 0.3) is 0 Å². The fraction of sp³-hybridized carbons (Fsp3) is 0.692. The Hall–Kier alpha value is -0.640. The fourth-order valence-corrected chi connectivity index (χ4v) is 2.55. The lowest BCUT2D eigenvalue weighted by atomic mass is 9.95. The van der Waals surface area contributed by atoms with Crippen LogP contribution < -0.4 is 4.90 Å². The molecule has 0 saturated heterocycles. The molecule has 1 aromatic rings. The van der Waals surface area contributed by atoms with Crippen LogP contribution in [0, 0.1) is 0 Å². The highest BCUT2D eigenvalue weighted by Crippen LogP contribution is 2.30. The largest absolute Gasteiger partial charge is 0.353 e. The second-order valence-electron chi connectivity index (χ2n) is 5.33. The molecule has 0 amide bonds. The Morgan fingerprint density at radius 3 is 2.71 bits per heavy atom. The van der Waals surface area contributed by atoms with Crippen LogP contribution in [-0.2, 0) is 12.8 Å². The van der Waals surface area contributed by atoms with E-state index in [1.54, 1.807) is 6.33 Å². The number of aromatic nitrogens is 2. The van der Waals surface area contributed by atoms with E-state index in [0.717, 1.165) is 24.0 Å². The van der Waals surface area contributed by atoms with Gasteiger partial charge in [0.2, 0.25) is 0 Å². The van der Waals surface area contributed by atoms with Crippen LogP contribution in [0.2, 0.25) is 0 Å². The first-order valence-corrected chi connectivity index (χ1v) is 7.31. The quantitative estimate of drug-likeness (QED) is 0.803. The minimum atomic E-state index is 0.0690. The number of fused-ring (bicyclic) bond motifs is 1. The summed E-state index contributed by atoms with van der Waals surface area (Å²) < 4.78 is 0. The van der Waals surface area contributed by atoms with Crippen molar-refractivity contribution in [3.63, 3.8) is 0 Å². The molecule has 17 heavy (non-hydrogen) atoms. The zero-order valence-corrected chi connectivity index (χ0v) is 12.4. The number of hydrogen-bond acceptors (Lipinski definition) is 3. The summed E-state index contributed by atoms with van der Waals surface area (Å²) in [5, 5.41) is 0.926. The molecular formula is C13H20BrN3. The van der Waals surface area contributed by atoms with Crippen LogP contribution in [0.15, 0.2) is 6.33 Å². The molecular weight excluding hydrogens is 278 g/mol. The summed E-state index contributed by atoms with van der Waals surface area (Å²) >= 11 is 3.58. The van der Waals surface area contributed by atoms with Crippen molar-refractivity contribution in [3.8, 4) is 0 Å². The summed E-state index contributed by atoms with van der Waals surface area (Å²) in [6.07, 6.45) is 6.45. The van der Waals surface area contributed by atoms with E-state index in [4.69, 9.17) is 0 Å². The van der Waals surface area contributed by atoms with Crippen molar-refractivity contribution in [2.24, 2.45) is 0 Å². The third kappa shape index (κ3) is 2.46. The van der Waals surface area contributed by atoms with Gasteiger partial charge in [0, 0.05) is 29.2 Å². The predicted octanol–water partition coefficient (Wildman–Crippen LogP) is 2.97. The van der Waals surface area contributed by atoms with Crippen LogP contribution in [0.5, 0.6) is 0 Å². The van der Waals surface area contributed by atoms with Crippen molar-refractivity contribution < 1.29 is 0 Å². The molecule has 1 aliphatic rings. The highest BCUT2D eigenvalue weighted by Gasteiger charge is 2.27. The van der Waals surface area contributed by atoms with Crippen LogP contribution in [0.1, 0.15) is 37.9 Å². The average molecular weight is 298 g/mol. The van der Waals surface area contributed by atoms with E-state index in [-0.39, 0.29) is 5.54 Å². The van der Waals surface area contributed by atoms with E-state index < -0.39 is 0 Å². The van der Waals surface area contributed by atoms with Gasteiger partial charge in [0.25, 0.3) is 0 Å². The van der Waals surface area contributed by atoms with Crippen LogP contribution in [0.4, 0.5) is 5.82 Å². The van der Waals surface area contributed by atoms with Gasteiger partial charge in [-0.3, -0.25) is 0 Å². The Balaban J connectivity index is 2.39. The smallest absolute Gasteiger partial charge is 0.135 e. The summed E-state index contributed by atoms with van der Waals surface area (Å²) in [6, 6.07) is 0. The number of rotatable bonds is 3. The molecule has 1 aromatic heterocycles. The molecule has 0 saturated carbocycles. The molecule has 1 aliphatic carbocycles. The minimum absolute atomic E-state index is 0.0690. The van der Waals surface area contributed by atoms with Gasteiger partial charge < -0.3 is 4.90 Å². The first-order valence-electron chi connectivity index (χ1n) is 6.19. The van der Waals surface area contributed by atoms with Gasteiger partial charge in [-0.05, 0) is 39.5 Å². The van der Waals surface area contributed by atoms with Gasteiger partial charge in [-0.25, -0.2) is 9.97 Å². The number of halogens is 1. The van der Waals surface area contributed by atoms with Gasteiger partial charge in [-0.1, -0.05) is 15.9 Å². The lowest BCUT2D eigenvalue weighted by Crippen LogP contribution is -2.44. The summed E-state index contributed by atoms with van der Waals surface area (Å²) in [7, 11) is 2.12. The average Bonchev–Trinajstić information content (AvgIpc) is 2.37. The third-order valence-electron chi connectivity index (χ3n) is 3.65. The van der Waals surface area contributed by atoms with E-state index in [1.165, 1.54) is 24.1 Å². The Labute approximate surface area is 112 Å². The number of anilines is 1. The Kier molecular flexibility index (Phi) is 3.71. The molecule has 3 nitrogen and oxygen atoms in total. The van der Waals surface area contributed by atoms with Crippen molar-refractivity contribution in [2.45, 2.75) is 45.1 Å². The van der Waals surface area contributed by atoms with Crippen LogP contribution >= 0.6 is 15.9 Å². The Morgan fingerprint density at radius 1 is 1.29 bits per heavy atom. The molecule has 0 fully saturated rings. The summed E-state index contributed by atoms with van der Waals surface area (Å²) in [6.45, 7) is 4.44. The second-order valence-corrected chi connectivity index (χ2v) is 5.90. The first-order chi connectivity index (χ1) is 8.06. The highest BCUT2D eigenvalue weighted by atomic mass is 79.9. The zero-order chi connectivity index (χ0) is 12.5. The second kappa shape index (κ2) is 4.92. The summed E-state index contributed by atoms with van der Waals surface area (Å²) in [5.41, 5.74) is 2.67. The number of nitrogens with zero attached hydrogens (tertiary/aromatic N) is 3. The lowest BCUT2D eigenvalue weighted by molar-refractivity contribution is 0.539. The van der Waals surface area contributed by atoms with E-state index in [0.29, 0.717) is 0 Å². The molecule has 0 atom stereocenters. The van der Waals surface area contributed by atoms with Gasteiger partial charge in [-0.2, -0.15) is 0 Å². The maximum Gasteiger partial charge on any atom is 0.135 e. The Morgan fingerprint density at radius 2 is 2.00 bits per heavy atom. The van der Waals surface area contributed by atoms with Crippen LogP contribution in [0.3, 0.4) is 0 Å². The molecule has 1 heterocycles. The summed E-state index contributed by atoms with van der Waals surface area (Å²) in [4.78, 5) is 11.2. The van der Waals surface area contributed by atoms with Gasteiger partial charge in [0.15, 0.2) is 0 Å². The maximum atomic E-state index is 4.50. The molecule has 2 rings (SSSR count). The van der Waals surface area contributed by atoms with Gasteiger partial charge in [0.05, 0.1) is 0 Å². The van der Waals surface area contributed by atoms with E-state index in [2.05, 4.69) is 51.7 Å². The van der Waals surface area contributed by atoms with E-state index in [9.17, 15) is 0 Å². The van der Waals surface area contributed by atoms with Crippen molar-refractivity contribution in [1.82, 2.24) is 9.97 Å². The lowest BCUT2D eigenvalue weighted by Gasteiger charge is -2.37. The van der Waals surface area contributed by atoms with Crippen molar-refractivity contribution in [3.05, 3.63) is 17.6 Å². The molecule has 4 heteroatoms. The summed E-state index contributed by atoms with van der Waals surface area (Å²) in [5.74, 6) is 1.11. The SMILES string of the molecule is CN(c1ncnc2c1CCCC2)C(C)(C)CBr. The minimum Gasteiger partial charge on any atom is -0.353 e. The molecule has 0 N–H and O–H groups in total. The van der Waals surface area contributed by atoms with Crippen molar-refractivity contribution >= 4 is 21.7 Å². The number of alkyl halides is 1. The molecule has 0 aliphatic heterocycles. The molecule has 0 unspecified atom stereocenters. The zero-order valence-electron chi connectivity index (χ0n) is 10.8. The van der Waals surface area contributed by atoms with Gasteiger partial charge >= 0.3 is 0 Å². The predicted molar refractivity (Wildman–Crippen MR) is 75.0 cm³/mol. The van der Waals surface area contributed by atoms with Gasteiger partial charge in [0.1, 0.15) is 12.1 Å². The van der Waals surface area contributed by atoms with E-state index >= 15 is 0 Å². The van der Waals surface area contributed by atoms with Crippen molar-refractivity contribution in [1.29, 1.82) is 0 Å². The van der Waals surface area contributed by atoms with Gasteiger partial charge in [-0.15, -0.1) is 0 Å². The van der Waals surface area contributed by atoms with Crippen molar-refractivity contribution in [2.75, 3.05) is 17.3 Å². The first kappa shape index (κ1) is 12.8. The normalized spacial score (nSPS) is 15.5. The molecule has 94 valence electrons. The number of hydrogen-bond donors (Lipinski definition) is 0. The highest BCUT2D eigenvalue weighted by molar-refractivity contribution is 9.09. The molecule has 0 bridgehead atoms.